The van der Waals surface area contributed by atoms with Gasteiger partial charge in [0.2, 0.25) is 21.8 Å². The third kappa shape index (κ3) is 3.76. The zero-order valence-electron chi connectivity index (χ0n) is 9.84. The largest absolute Gasteiger partial charge is 0.304 e. The van der Waals surface area contributed by atoms with E-state index >= 15 is 0 Å². The first-order chi connectivity index (χ1) is 7.72. The summed E-state index contributed by atoms with van der Waals surface area (Å²) in [5.74, 6) is -0.801. The van der Waals surface area contributed by atoms with E-state index in [0.29, 0.717) is 0 Å². The molecule has 1 aliphatic rings. The number of hydrogen-bond acceptors (Lipinski definition) is 5. The first-order valence-corrected chi connectivity index (χ1v) is 7.03. The van der Waals surface area contributed by atoms with Crippen LogP contribution >= 0.6 is 0 Å². The molecule has 1 fully saturated rings. The van der Waals surface area contributed by atoms with Crippen LogP contribution in [0.15, 0.2) is 0 Å². The molecule has 0 spiro atoms. The average Bonchev–Trinajstić information content (AvgIpc) is 2.39. The molecule has 17 heavy (non-hydrogen) atoms. The van der Waals surface area contributed by atoms with Crippen LogP contribution in [-0.2, 0) is 19.6 Å². The number of amides is 2. The van der Waals surface area contributed by atoms with E-state index in [1.165, 1.54) is 4.90 Å². The van der Waals surface area contributed by atoms with Gasteiger partial charge in [0, 0.05) is 12.6 Å². The summed E-state index contributed by atoms with van der Waals surface area (Å²) in [4.78, 5) is 24.5. The fraction of sp³-hybridized carbons (Fsp3) is 0.778. The molecular weight excluding hydrogens is 246 g/mol. The molecule has 98 valence electrons. The van der Waals surface area contributed by atoms with Gasteiger partial charge in [0.1, 0.15) is 0 Å². The number of sulfonamides is 1. The molecule has 8 heteroatoms. The molecule has 0 radical (unpaired) electrons. The molecule has 1 atom stereocenters. The van der Waals surface area contributed by atoms with E-state index < -0.39 is 16.1 Å². The Morgan fingerprint density at radius 2 is 2.06 bits per heavy atom. The lowest BCUT2D eigenvalue weighted by atomic mass is 10.2. The summed E-state index contributed by atoms with van der Waals surface area (Å²) in [6.07, 6.45) is 0.0711. The minimum atomic E-state index is -3.55. The van der Waals surface area contributed by atoms with Crippen molar-refractivity contribution >= 4 is 21.8 Å². The fourth-order valence-corrected chi connectivity index (χ4v) is 2.13. The highest BCUT2D eigenvalue weighted by Crippen LogP contribution is 2.15. The van der Waals surface area contributed by atoms with Gasteiger partial charge in [0.25, 0.3) is 0 Å². The van der Waals surface area contributed by atoms with Gasteiger partial charge in [0.15, 0.2) is 0 Å². The summed E-state index contributed by atoms with van der Waals surface area (Å²) in [6, 6.07) is -0.813. The summed E-state index contributed by atoms with van der Waals surface area (Å²) in [5, 5.41) is 7.56. The van der Waals surface area contributed by atoms with Crippen molar-refractivity contribution in [2.45, 2.75) is 32.4 Å². The molecule has 0 aromatic rings. The number of nitrogens with two attached hydrogens (primary N) is 1. The highest BCUT2D eigenvalue weighted by atomic mass is 32.2. The molecule has 7 nitrogen and oxygen atoms in total. The minimum Gasteiger partial charge on any atom is -0.304 e. The van der Waals surface area contributed by atoms with Crippen LogP contribution in [-0.4, -0.2) is 49.5 Å². The Hall–Kier alpha value is -0.990. The number of nitrogens with one attached hydrogen (secondary N) is 1. The van der Waals surface area contributed by atoms with Crippen LogP contribution in [0.3, 0.4) is 0 Å². The van der Waals surface area contributed by atoms with Crippen LogP contribution in [0.5, 0.6) is 0 Å². The van der Waals surface area contributed by atoms with E-state index in [0.717, 1.165) is 0 Å². The van der Waals surface area contributed by atoms with Gasteiger partial charge in [-0.25, -0.2) is 13.6 Å². The number of primary sulfonamides is 1. The molecule has 2 amide bonds. The Labute approximate surface area is 100 Å². The number of imide groups is 1. The second kappa shape index (κ2) is 5.11. The normalized spacial score (nSPS) is 21.6. The Morgan fingerprint density at radius 1 is 1.47 bits per heavy atom. The van der Waals surface area contributed by atoms with E-state index in [9.17, 15) is 18.0 Å². The van der Waals surface area contributed by atoms with Crippen molar-refractivity contribution in [3.8, 4) is 0 Å². The molecule has 0 bridgehead atoms. The summed E-state index contributed by atoms with van der Waals surface area (Å²) < 4.78 is 21.4. The monoisotopic (exact) mass is 263 g/mol. The fourth-order valence-electron chi connectivity index (χ4n) is 1.73. The number of hydrogen-bond donors (Lipinski definition) is 2. The van der Waals surface area contributed by atoms with E-state index in [1.54, 1.807) is 13.8 Å². The number of rotatable bonds is 5. The van der Waals surface area contributed by atoms with Crippen LogP contribution in [0.1, 0.15) is 20.3 Å². The van der Waals surface area contributed by atoms with Crippen LogP contribution in [0.25, 0.3) is 0 Å². The van der Waals surface area contributed by atoms with Gasteiger partial charge in [-0.1, -0.05) is 0 Å². The topological polar surface area (TPSA) is 110 Å². The van der Waals surface area contributed by atoms with E-state index in [-0.39, 0.29) is 36.6 Å². The van der Waals surface area contributed by atoms with Crippen molar-refractivity contribution in [3.05, 3.63) is 0 Å². The summed E-state index contributed by atoms with van der Waals surface area (Å²) in [7, 11) is -3.55. The maximum atomic E-state index is 11.8. The molecule has 1 aliphatic heterocycles. The average molecular weight is 263 g/mol. The maximum Gasteiger partial charge on any atom is 0.247 e. The van der Waals surface area contributed by atoms with E-state index in [2.05, 4.69) is 5.32 Å². The maximum absolute atomic E-state index is 11.8. The molecule has 1 rings (SSSR count). The van der Waals surface area contributed by atoms with Crippen LogP contribution in [0, 0.1) is 0 Å². The Bertz CT molecular complexity index is 418. The van der Waals surface area contributed by atoms with Gasteiger partial charge in [-0.3, -0.25) is 14.5 Å². The van der Waals surface area contributed by atoms with Crippen LogP contribution in [0.2, 0.25) is 0 Å². The van der Waals surface area contributed by atoms with Crippen molar-refractivity contribution in [1.82, 2.24) is 10.2 Å². The minimum absolute atomic E-state index is 0.0639. The lowest BCUT2D eigenvalue weighted by molar-refractivity contribution is -0.140. The summed E-state index contributed by atoms with van der Waals surface area (Å²) in [5.41, 5.74) is 0. The zero-order valence-corrected chi connectivity index (χ0v) is 10.7. The van der Waals surface area contributed by atoms with E-state index in [1.807, 2.05) is 0 Å². The smallest absolute Gasteiger partial charge is 0.247 e. The third-order valence-electron chi connectivity index (χ3n) is 2.48. The molecular formula is C9H17N3O4S. The summed E-state index contributed by atoms with van der Waals surface area (Å²) in [6.45, 7) is 3.57. The highest BCUT2D eigenvalue weighted by molar-refractivity contribution is 7.89. The second-order valence-electron chi connectivity index (χ2n) is 4.27. The van der Waals surface area contributed by atoms with Crippen molar-refractivity contribution in [2.75, 3.05) is 12.3 Å². The quantitative estimate of drug-likeness (QED) is 0.581. The standard InChI is InChI=1S/C9H17N3O4S/c1-6(2)12-8(13)5-7(9(12)14)11-3-4-17(10,15)16/h6-7,11H,3-5H2,1-2H3,(H2,10,15,16). The summed E-state index contributed by atoms with van der Waals surface area (Å²) >= 11 is 0. The lowest BCUT2D eigenvalue weighted by Crippen LogP contribution is -2.43. The van der Waals surface area contributed by atoms with Crippen molar-refractivity contribution in [1.29, 1.82) is 0 Å². The van der Waals surface area contributed by atoms with Gasteiger partial charge in [0.05, 0.1) is 18.2 Å². The van der Waals surface area contributed by atoms with Gasteiger partial charge < -0.3 is 5.32 Å². The molecule has 0 aromatic carbocycles. The first kappa shape index (κ1) is 14.1. The highest BCUT2D eigenvalue weighted by Gasteiger charge is 2.39. The molecule has 1 saturated heterocycles. The van der Waals surface area contributed by atoms with Crippen molar-refractivity contribution < 1.29 is 18.0 Å². The Balaban J connectivity index is 2.53. The SMILES string of the molecule is CC(C)N1C(=O)CC(NCCS(N)(=O)=O)C1=O. The van der Waals surface area contributed by atoms with Crippen molar-refractivity contribution in [2.24, 2.45) is 5.14 Å². The van der Waals surface area contributed by atoms with Gasteiger partial charge in [-0.05, 0) is 13.8 Å². The van der Waals surface area contributed by atoms with Gasteiger partial charge in [-0.15, -0.1) is 0 Å². The van der Waals surface area contributed by atoms with Crippen LogP contribution in [0.4, 0.5) is 0 Å². The predicted octanol–water partition coefficient (Wildman–Crippen LogP) is -1.60. The second-order valence-corrected chi connectivity index (χ2v) is 6.01. The van der Waals surface area contributed by atoms with Gasteiger partial charge in [-0.2, -0.15) is 0 Å². The molecule has 1 heterocycles. The molecule has 0 aromatic heterocycles. The number of carbonyl (C=O) groups excluding carboxylic acids is 2. The first-order valence-electron chi connectivity index (χ1n) is 5.32. The Morgan fingerprint density at radius 3 is 2.47 bits per heavy atom. The van der Waals surface area contributed by atoms with E-state index in [4.69, 9.17) is 5.14 Å². The van der Waals surface area contributed by atoms with Crippen molar-refractivity contribution in [3.63, 3.8) is 0 Å². The number of likely N-dealkylation sites (tertiary alicyclic amines) is 1. The van der Waals surface area contributed by atoms with Crippen LogP contribution < -0.4 is 10.5 Å². The molecule has 3 N–H and O–H groups in total. The third-order valence-corrected chi connectivity index (χ3v) is 3.25. The number of nitrogens with zero attached hydrogens (tertiary/aromatic N) is 1. The molecule has 1 unspecified atom stereocenters. The molecule has 0 aliphatic carbocycles. The predicted molar refractivity (Wildman–Crippen MR) is 61.4 cm³/mol. The zero-order chi connectivity index (χ0) is 13.2. The van der Waals surface area contributed by atoms with Gasteiger partial charge >= 0.3 is 0 Å². The number of carbonyl (C=O) groups is 2. The lowest BCUT2D eigenvalue weighted by Gasteiger charge is -2.19. The Kier molecular flexibility index (Phi) is 4.23. The molecule has 0 saturated carbocycles.